The van der Waals surface area contributed by atoms with Gasteiger partial charge in [-0.3, -0.25) is 9.36 Å². The molecule has 2 N–H and O–H groups in total. The number of carbonyl (C=O) groups is 1. The van der Waals surface area contributed by atoms with E-state index in [0.717, 1.165) is 5.82 Å². The Morgan fingerprint density at radius 1 is 1.52 bits per heavy atom. The van der Waals surface area contributed by atoms with Crippen molar-refractivity contribution in [3.05, 3.63) is 37.1 Å². The Morgan fingerprint density at radius 2 is 2.43 bits per heavy atom. The molecule has 0 saturated carbocycles. The highest BCUT2D eigenvalue weighted by molar-refractivity contribution is 5.95. The molecule has 2 aromatic rings. The van der Waals surface area contributed by atoms with Gasteiger partial charge in [-0.05, 0) is 18.6 Å². The first-order chi connectivity index (χ1) is 10.3. The number of amides is 1. The maximum absolute atomic E-state index is 12.1. The van der Waals surface area contributed by atoms with E-state index in [-0.39, 0.29) is 18.1 Å². The summed E-state index contributed by atoms with van der Waals surface area (Å²) in [5.41, 5.74) is 0.673. The van der Waals surface area contributed by atoms with Gasteiger partial charge in [0.05, 0.1) is 24.0 Å². The largest absolute Gasteiger partial charge is 0.380 e. The second-order valence-electron chi connectivity index (χ2n) is 4.92. The summed E-state index contributed by atoms with van der Waals surface area (Å²) in [6.07, 6.45) is 7.60. The molecule has 1 fully saturated rings. The first-order valence-corrected chi connectivity index (χ1v) is 6.77. The smallest absolute Gasteiger partial charge is 0.241 e. The highest BCUT2D eigenvalue weighted by atomic mass is 16.5. The number of aromatic nitrogens is 3. The summed E-state index contributed by atoms with van der Waals surface area (Å²) in [5.74, 6) is 0.690. The van der Waals surface area contributed by atoms with Gasteiger partial charge in [-0.25, -0.2) is 9.97 Å². The van der Waals surface area contributed by atoms with Crippen molar-refractivity contribution in [3.8, 4) is 5.82 Å². The van der Waals surface area contributed by atoms with Gasteiger partial charge >= 0.3 is 0 Å². The maximum atomic E-state index is 12.1. The minimum absolute atomic E-state index is 0.0632. The number of nitrogens with one attached hydrogen (secondary N) is 2. The fourth-order valence-electron chi connectivity index (χ4n) is 2.32. The second-order valence-corrected chi connectivity index (χ2v) is 4.92. The van der Waals surface area contributed by atoms with Gasteiger partial charge in [0, 0.05) is 26.0 Å². The first kappa shape index (κ1) is 13.7. The molecule has 7 heteroatoms. The van der Waals surface area contributed by atoms with E-state index in [1.165, 1.54) is 0 Å². The van der Waals surface area contributed by atoms with Crippen LogP contribution < -0.4 is 10.6 Å². The zero-order valence-corrected chi connectivity index (χ0v) is 11.7. The molecule has 2 aromatic heterocycles. The fourth-order valence-corrected chi connectivity index (χ4v) is 2.32. The Morgan fingerprint density at radius 3 is 3.05 bits per heavy atom. The number of pyridine rings is 1. The van der Waals surface area contributed by atoms with Crippen LogP contribution in [0.5, 0.6) is 0 Å². The lowest BCUT2D eigenvalue weighted by atomic mass is 10.2. The predicted octanol–water partition coefficient (Wildman–Crippen LogP) is 0.583. The Bertz CT molecular complexity index is 596. The van der Waals surface area contributed by atoms with Crippen LogP contribution in [0.25, 0.3) is 5.82 Å². The molecule has 2 atom stereocenters. The van der Waals surface area contributed by atoms with Crippen molar-refractivity contribution in [1.82, 2.24) is 19.9 Å². The van der Waals surface area contributed by atoms with Gasteiger partial charge in [-0.1, -0.05) is 0 Å². The van der Waals surface area contributed by atoms with Crippen molar-refractivity contribution in [2.24, 2.45) is 0 Å². The fraction of sp³-hybridized carbons (Fsp3) is 0.357. The topological polar surface area (TPSA) is 81.1 Å². The van der Waals surface area contributed by atoms with Crippen molar-refractivity contribution < 1.29 is 9.53 Å². The first-order valence-electron chi connectivity index (χ1n) is 6.77. The van der Waals surface area contributed by atoms with Crippen LogP contribution in [0.2, 0.25) is 0 Å². The summed E-state index contributed by atoms with van der Waals surface area (Å²) in [6, 6.07) is 3.43. The number of carbonyl (C=O) groups excluding carboxylic acids is 1. The summed E-state index contributed by atoms with van der Waals surface area (Å²) < 4.78 is 7.03. The molecule has 0 spiro atoms. The standard InChI is InChI=1S/C14H17N5O2/c1-21-11-6-12(16-8-11)14(20)18-10-2-3-13(17-7-10)19-5-4-15-9-19/h2-5,7,9,11-12,16H,6,8H2,1H3,(H,18,20). The van der Waals surface area contributed by atoms with E-state index in [4.69, 9.17) is 4.74 Å². The third-order valence-corrected chi connectivity index (χ3v) is 3.52. The molecule has 3 heterocycles. The lowest BCUT2D eigenvalue weighted by molar-refractivity contribution is -0.118. The molecule has 0 bridgehead atoms. The number of imidazole rings is 1. The van der Waals surface area contributed by atoms with Gasteiger partial charge in [0.15, 0.2) is 0 Å². The average Bonchev–Trinajstić information content (AvgIpc) is 3.19. The minimum atomic E-state index is -0.219. The molecular formula is C14H17N5O2. The van der Waals surface area contributed by atoms with E-state index in [9.17, 15) is 4.79 Å². The summed E-state index contributed by atoms with van der Waals surface area (Å²) >= 11 is 0. The SMILES string of the molecule is COC1CNC(C(=O)Nc2ccc(-n3ccnc3)nc2)C1. The van der Waals surface area contributed by atoms with Gasteiger partial charge in [0.25, 0.3) is 0 Å². The Balaban J connectivity index is 1.62. The van der Waals surface area contributed by atoms with E-state index in [1.807, 2.05) is 18.3 Å². The highest BCUT2D eigenvalue weighted by Gasteiger charge is 2.29. The van der Waals surface area contributed by atoms with E-state index < -0.39 is 0 Å². The number of methoxy groups -OCH3 is 1. The monoisotopic (exact) mass is 287 g/mol. The zero-order valence-electron chi connectivity index (χ0n) is 11.7. The van der Waals surface area contributed by atoms with Crippen molar-refractivity contribution in [1.29, 1.82) is 0 Å². The molecule has 1 amide bonds. The van der Waals surface area contributed by atoms with Crippen molar-refractivity contribution in [2.75, 3.05) is 19.0 Å². The normalized spacial score (nSPS) is 21.4. The molecule has 3 rings (SSSR count). The zero-order chi connectivity index (χ0) is 14.7. The molecule has 21 heavy (non-hydrogen) atoms. The van der Waals surface area contributed by atoms with E-state index in [1.54, 1.807) is 30.4 Å². The van der Waals surface area contributed by atoms with Crippen LogP contribution in [0.4, 0.5) is 5.69 Å². The highest BCUT2D eigenvalue weighted by Crippen LogP contribution is 2.13. The summed E-state index contributed by atoms with van der Waals surface area (Å²) in [6.45, 7) is 0.701. The molecule has 1 saturated heterocycles. The third kappa shape index (κ3) is 3.09. The van der Waals surface area contributed by atoms with Crippen molar-refractivity contribution in [3.63, 3.8) is 0 Å². The molecule has 0 aliphatic carbocycles. The third-order valence-electron chi connectivity index (χ3n) is 3.52. The number of nitrogens with zero attached hydrogens (tertiary/aromatic N) is 3. The van der Waals surface area contributed by atoms with Crippen LogP contribution in [0.1, 0.15) is 6.42 Å². The number of anilines is 1. The minimum Gasteiger partial charge on any atom is -0.380 e. The molecule has 110 valence electrons. The van der Waals surface area contributed by atoms with Crippen LogP contribution in [-0.2, 0) is 9.53 Å². The number of hydrogen-bond acceptors (Lipinski definition) is 5. The number of rotatable bonds is 4. The number of hydrogen-bond donors (Lipinski definition) is 2. The molecular weight excluding hydrogens is 270 g/mol. The van der Waals surface area contributed by atoms with Crippen LogP contribution in [0.3, 0.4) is 0 Å². The Hall–Kier alpha value is -2.25. The molecule has 1 aliphatic heterocycles. The van der Waals surface area contributed by atoms with Crippen LogP contribution >= 0.6 is 0 Å². The van der Waals surface area contributed by atoms with Gasteiger partial charge < -0.3 is 15.4 Å². The van der Waals surface area contributed by atoms with Crippen molar-refractivity contribution in [2.45, 2.75) is 18.6 Å². The lowest BCUT2D eigenvalue weighted by Crippen LogP contribution is -2.35. The Labute approximate surface area is 122 Å². The van der Waals surface area contributed by atoms with Gasteiger partial charge in [0.2, 0.25) is 5.91 Å². The Kier molecular flexibility index (Phi) is 3.94. The molecule has 7 nitrogen and oxygen atoms in total. The second kappa shape index (κ2) is 6.02. The quantitative estimate of drug-likeness (QED) is 0.860. The maximum Gasteiger partial charge on any atom is 0.241 e. The van der Waals surface area contributed by atoms with Gasteiger partial charge in [-0.15, -0.1) is 0 Å². The predicted molar refractivity (Wildman–Crippen MR) is 77.2 cm³/mol. The van der Waals surface area contributed by atoms with E-state index in [0.29, 0.717) is 18.7 Å². The van der Waals surface area contributed by atoms with Crippen molar-refractivity contribution >= 4 is 11.6 Å². The van der Waals surface area contributed by atoms with Gasteiger partial charge in [-0.2, -0.15) is 0 Å². The summed E-state index contributed by atoms with van der Waals surface area (Å²) in [4.78, 5) is 20.4. The summed E-state index contributed by atoms with van der Waals surface area (Å²) in [5, 5.41) is 6.00. The van der Waals surface area contributed by atoms with Crippen LogP contribution in [0, 0.1) is 0 Å². The molecule has 2 unspecified atom stereocenters. The number of ether oxygens (including phenoxy) is 1. The van der Waals surface area contributed by atoms with Crippen LogP contribution in [-0.4, -0.2) is 46.2 Å². The summed E-state index contributed by atoms with van der Waals surface area (Å²) in [7, 11) is 1.66. The molecule has 1 aliphatic rings. The van der Waals surface area contributed by atoms with Gasteiger partial charge in [0.1, 0.15) is 12.1 Å². The lowest BCUT2D eigenvalue weighted by Gasteiger charge is -2.11. The molecule has 0 aromatic carbocycles. The average molecular weight is 287 g/mol. The molecule has 0 radical (unpaired) electrons. The van der Waals surface area contributed by atoms with Crippen LogP contribution in [0.15, 0.2) is 37.1 Å². The van der Waals surface area contributed by atoms with E-state index >= 15 is 0 Å². The van der Waals surface area contributed by atoms with E-state index in [2.05, 4.69) is 20.6 Å².